The fourth-order valence-corrected chi connectivity index (χ4v) is 3.17. The second-order valence-electron chi connectivity index (χ2n) is 6.47. The van der Waals surface area contributed by atoms with Gasteiger partial charge in [0.25, 0.3) is 0 Å². The maximum Gasteiger partial charge on any atom is -0.0198 e. The smallest absolute Gasteiger partial charge is 0.0198 e. The van der Waals surface area contributed by atoms with Crippen molar-refractivity contribution in [2.24, 2.45) is 0 Å². The zero-order valence-corrected chi connectivity index (χ0v) is 15.2. The maximum absolute atomic E-state index is 3.98. The van der Waals surface area contributed by atoms with Gasteiger partial charge in [-0.2, -0.15) is 0 Å². The summed E-state index contributed by atoms with van der Waals surface area (Å²) in [5, 5.41) is 0. The number of allylic oxidation sites excluding steroid dienone is 1. The highest BCUT2D eigenvalue weighted by Crippen LogP contribution is 2.23. The number of rotatable bonds is 5. The molecule has 0 bridgehead atoms. The van der Waals surface area contributed by atoms with Crippen LogP contribution < -0.4 is 0 Å². The lowest BCUT2D eigenvalue weighted by Crippen LogP contribution is -1.96. The average molecular weight is 304 g/mol. The molecule has 0 radical (unpaired) electrons. The van der Waals surface area contributed by atoms with Gasteiger partial charge in [-0.1, -0.05) is 49.1 Å². The van der Waals surface area contributed by atoms with Crippen LogP contribution >= 0.6 is 0 Å². The van der Waals surface area contributed by atoms with Crippen molar-refractivity contribution >= 4 is 12.2 Å². The van der Waals surface area contributed by atoms with Crippen LogP contribution in [0.4, 0.5) is 0 Å². The monoisotopic (exact) mass is 304 g/mol. The highest BCUT2D eigenvalue weighted by Gasteiger charge is 2.06. The van der Waals surface area contributed by atoms with E-state index in [4.69, 9.17) is 0 Å². The summed E-state index contributed by atoms with van der Waals surface area (Å²) in [7, 11) is 0. The van der Waals surface area contributed by atoms with Crippen molar-refractivity contribution < 1.29 is 0 Å². The second-order valence-corrected chi connectivity index (χ2v) is 6.47. The first-order valence-corrected chi connectivity index (χ1v) is 8.40. The standard InChI is InChI=1S/C23H28/c1-7-21-17(3)14-15-19(5)23(21)11-9-8-10-22-18(4)13-12-16(2)20(22)6/h7-8,10,12-15H,1,9,11H2,2-6H3. The number of aryl methyl sites for hydroxylation is 4. The molecule has 0 spiro atoms. The average Bonchev–Trinajstić information content (AvgIpc) is 2.53. The highest BCUT2D eigenvalue weighted by molar-refractivity contribution is 5.60. The Morgan fingerprint density at radius 1 is 0.783 bits per heavy atom. The molecule has 2 aromatic rings. The van der Waals surface area contributed by atoms with Crippen molar-refractivity contribution in [2.75, 3.05) is 0 Å². The number of hydrogen-bond donors (Lipinski definition) is 0. The van der Waals surface area contributed by atoms with E-state index in [2.05, 4.69) is 77.6 Å². The van der Waals surface area contributed by atoms with E-state index in [1.54, 1.807) is 0 Å². The van der Waals surface area contributed by atoms with E-state index in [-0.39, 0.29) is 0 Å². The van der Waals surface area contributed by atoms with Crippen LogP contribution in [0.1, 0.15) is 50.9 Å². The van der Waals surface area contributed by atoms with Crippen LogP contribution in [0.5, 0.6) is 0 Å². The second kappa shape index (κ2) is 7.46. The van der Waals surface area contributed by atoms with Crippen molar-refractivity contribution in [1.82, 2.24) is 0 Å². The zero-order chi connectivity index (χ0) is 17.0. The van der Waals surface area contributed by atoms with Crippen LogP contribution in [0, 0.1) is 34.6 Å². The fourth-order valence-electron chi connectivity index (χ4n) is 3.17. The molecule has 0 amide bonds. The number of benzene rings is 2. The van der Waals surface area contributed by atoms with Gasteiger partial charge in [0.15, 0.2) is 0 Å². The first-order valence-electron chi connectivity index (χ1n) is 8.40. The van der Waals surface area contributed by atoms with Gasteiger partial charge in [0.2, 0.25) is 0 Å². The van der Waals surface area contributed by atoms with Gasteiger partial charge >= 0.3 is 0 Å². The van der Waals surface area contributed by atoms with Gasteiger partial charge < -0.3 is 0 Å². The summed E-state index contributed by atoms with van der Waals surface area (Å²) in [5.41, 5.74) is 10.9. The van der Waals surface area contributed by atoms with Gasteiger partial charge in [0.05, 0.1) is 0 Å². The molecule has 0 aliphatic carbocycles. The van der Waals surface area contributed by atoms with Crippen LogP contribution in [0.2, 0.25) is 0 Å². The minimum Gasteiger partial charge on any atom is -0.0984 e. The number of hydrogen-bond acceptors (Lipinski definition) is 0. The van der Waals surface area contributed by atoms with Crippen molar-refractivity contribution in [2.45, 2.75) is 47.5 Å². The van der Waals surface area contributed by atoms with Gasteiger partial charge in [-0.15, -0.1) is 0 Å². The topological polar surface area (TPSA) is 0 Å². The van der Waals surface area contributed by atoms with E-state index in [9.17, 15) is 0 Å². The molecule has 0 aliphatic rings. The molecule has 0 saturated carbocycles. The SMILES string of the molecule is C=Cc1c(C)ccc(C)c1CCC=Cc1c(C)ccc(C)c1C. The zero-order valence-electron chi connectivity index (χ0n) is 15.2. The maximum atomic E-state index is 3.98. The summed E-state index contributed by atoms with van der Waals surface area (Å²) in [5.74, 6) is 0. The normalized spacial score (nSPS) is 11.2. The Morgan fingerprint density at radius 3 is 2.00 bits per heavy atom. The lowest BCUT2D eigenvalue weighted by molar-refractivity contribution is 0.982. The van der Waals surface area contributed by atoms with Gasteiger partial charge in [-0.05, 0) is 92.0 Å². The fraction of sp³-hybridized carbons (Fsp3) is 0.304. The van der Waals surface area contributed by atoms with Crippen LogP contribution in [0.3, 0.4) is 0 Å². The molecule has 0 saturated heterocycles. The minimum absolute atomic E-state index is 1.05. The third-order valence-electron chi connectivity index (χ3n) is 4.86. The molecule has 120 valence electrons. The van der Waals surface area contributed by atoms with E-state index >= 15 is 0 Å². The third-order valence-corrected chi connectivity index (χ3v) is 4.86. The summed E-state index contributed by atoms with van der Waals surface area (Å²) in [6.45, 7) is 14.9. The van der Waals surface area contributed by atoms with E-state index in [1.807, 2.05) is 6.08 Å². The molecule has 0 fully saturated rings. The van der Waals surface area contributed by atoms with Crippen LogP contribution in [0.15, 0.2) is 36.9 Å². The molecule has 0 N–H and O–H groups in total. The molecule has 0 heteroatoms. The molecule has 0 unspecified atom stereocenters. The molecule has 2 rings (SSSR count). The largest absolute Gasteiger partial charge is 0.0984 e. The van der Waals surface area contributed by atoms with Crippen LogP contribution in [-0.2, 0) is 6.42 Å². The van der Waals surface area contributed by atoms with Crippen LogP contribution in [-0.4, -0.2) is 0 Å². The van der Waals surface area contributed by atoms with Gasteiger partial charge in [-0.25, -0.2) is 0 Å². The predicted octanol–water partition coefficient (Wildman–Crippen LogP) is 6.52. The van der Waals surface area contributed by atoms with Crippen molar-refractivity contribution in [1.29, 1.82) is 0 Å². The summed E-state index contributed by atoms with van der Waals surface area (Å²) in [6.07, 6.45) is 8.71. The first kappa shape index (κ1) is 17.3. The first-order chi connectivity index (χ1) is 11.0. The third kappa shape index (κ3) is 3.82. The van der Waals surface area contributed by atoms with Gasteiger partial charge in [0, 0.05) is 0 Å². The molecule has 0 nitrogen and oxygen atoms in total. The molecule has 0 atom stereocenters. The molecular formula is C23H28. The molecule has 0 aromatic heterocycles. The Morgan fingerprint density at radius 2 is 1.35 bits per heavy atom. The lowest BCUT2D eigenvalue weighted by atomic mass is 9.93. The Labute approximate surface area is 141 Å². The van der Waals surface area contributed by atoms with Crippen molar-refractivity contribution in [3.05, 3.63) is 81.4 Å². The molecule has 0 aliphatic heterocycles. The van der Waals surface area contributed by atoms with E-state index < -0.39 is 0 Å². The Hall–Kier alpha value is -2.08. The molecular weight excluding hydrogens is 276 g/mol. The Kier molecular flexibility index (Phi) is 5.60. The minimum atomic E-state index is 1.05. The highest BCUT2D eigenvalue weighted by atomic mass is 14.1. The summed E-state index contributed by atoms with van der Waals surface area (Å²) in [6, 6.07) is 8.82. The summed E-state index contributed by atoms with van der Waals surface area (Å²) >= 11 is 0. The van der Waals surface area contributed by atoms with Gasteiger partial charge in [-0.3, -0.25) is 0 Å². The Balaban J connectivity index is 2.17. The molecule has 2 aromatic carbocycles. The molecule has 0 heterocycles. The van der Waals surface area contributed by atoms with Crippen molar-refractivity contribution in [3.8, 4) is 0 Å². The predicted molar refractivity (Wildman–Crippen MR) is 104 cm³/mol. The van der Waals surface area contributed by atoms with E-state index in [0.717, 1.165) is 12.8 Å². The van der Waals surface area contributed by atoms with Gasteiger partial charge in [0.1, 0.15) is 0 Å². The molecule has 23 heavy (non-hydrogen) atoms. The van der Waals surface area contributed by atoms with E-state index in [0.29, 0.717) is 0 Å². The summed E-state index contributed by atoms with van der Waals surface area (Å²) in [4.78, 5) is 0. The van der Waals surface area contributed by atoms with Crippen LogP contribution in [0.25, 0.3) is 12.2 Å². The summed E-state index contributed by atoms with van der Waals surface area (Å²) < 4.78 is 0. The Bertz CT molecular complexity index is 745. The van der Waals surface area contributed by atoms with E-state index in [1.165, 1.54) is 44.5 Å². The van der Waals surface area contributed by atoms with Crippen molar-refractivity contribution in [3.63, 3.8) is 0 Å². The lowest BCUT2D eigenvalue weighted by Gasteiger charge is -2.12. The quantitative estimate of drug-likeness (QED) is 0.590.